The number of nitrogens with zero attached hydrogens (tertiary/aromatic N) is 2. The maximum absolute atomic E-state index is 11.8. The number of hydrogen-bond donors (Lipinski definition) is 2. The van der Waals surface area contributed by atoms with Crippen LogP contribution in [0.25, 0.3) is 0 Å². The van der Waals surface area contributed by atoms with Crippen LogP contribution in [-0.2, 0) is 16.1 Å². The zero-order valence-corrected chi connectivity index (χ0v) is 14.0. The van der Waals surface area contributed by atoms with Crippen molar-refractivity contribution in [2.75, 3.05) is 41.3 Å². The van der Waals surface area contributed by atoms with Gasteiger partial charge in [0.05, 0.1) is 13.1 Å². The van der Waals surface area contributed by atoms with Crippen molar-refractivity contribution >= 4 is 17.7 Å². The highest BCUT2D eigenvalue weighted by Gasteiger charge is 2.10. The maximum Gasteiger partial charge on any atom is 0.251 e. The summed E-state index contributed by atoms with van der Waals surface area (Å²) in [5.41, 5.74) is 1.59. The summed E-state index contributed by atoms with van der Waals surface area (Å²) in [6.45, 7) is 0.765. The summed E-state index contributed by atoms with van der Waals surface area (Å²) in [5, 5.41) is 5.15. The van der Waals surface area contributed by atoms with Gasteiger partial charge in [0.15, 0.2) is 0 Å². The van der Waals surface area contributed by atoms with Gasteiger partial charge in [-0.2, -0.15) is 0 Å². The fraction of sp³-hybridized carbons (Fsp3) is 0.438. The monoisotopic (exact) mass is 320 g/mol. The van der Waals surface area contributed by atoms with E-state index in [2.05, 4.69) is 10.6 Å². The molecule has 0 saturated heterocycles. The van der Waals surface area contributed by atoms with Gasteiger partial charge in [0.2, 0.25) is 11.8 Å². The van der Waals surface area contributed by atoms with E-state index in [1.807, 2.05) is 24.1 Å². The van der Waals surface area contributed by atoms with E-state index in [1.54, 1.807) is 33.3 Å². The molecule has 0 aromatic heterocycles. The number of amides is 3. The number of nitrogens with one attached hydrogen (secondary N) is 2. The Morgan fingerprint density at radius 2 is 1.65 bits per heavy atom. The Morgan fingerprint density at radius 3 is 2.17 bits per heavy atom. The molecule has 0 aliphatic rings. The molecule has 0 aliphatic carbocycles. The number of rotatable bonds is 7. The van der Waals surface area contributed by atoms with Crippen LogP contribution in [0, 0.1) is 0 Å². The van der Waals surface area contributed by atoms with E-state index >= 15 is 0 Å². The first-order valence-electron chi connectivity index (χ1n) is 7.30. The summed E-state index contributed by atoms with van der Waals surface area (Å²) in [4.78, 5) is 37.9. The number of carbonyl (C=O) groups is 3. The molecule has 1 rings (SSSR count). The highest BCUT2D eigenvalue weighted by atomic mass is 16.2. The van der Waals surface area contributed by atoms with Crippen molar-refractivity contribution in [1.29, 1.82) is 0 Å². The Hall–Kier alpha value is -2.41. The second-order valence-corrected chi connectivity index (χ2v) is 5.51. The molecular weight excluding hydrogens is 296 g/mol. The molecule has 0 atom stereocenters. The molecule has 0 bridgehead atoms. The predicted molar refractivity (Wildman–Crippen MR) is 87.9 cm³/mol. The van der Waals surface area contributed by atoms with Crippen LogP contribution in [0.2, 0.25) is 0 Å². The van der Waals surface area contributed by atoms with Crippen molar-refractivity contribution in [2.24, 2.45) is 0 Å². The molecule has 0 radical (unpaired) electrons. The van der Waals surface area contributed by atoms with Gasteiger partial charge in [-0.15, -0.1) is 0 Å². The first-order valence-corrected chi connectivity index (χ1v) is 7.30. The Balaban J connectivity index is 2.44. The molecule has 0 aliphatic heterocycles. The highest BCUT2D eigenvalue weighted by Crippen LogP contribution is 2.06. The summed E-state index contributed by atoms with van der Waals surface area (Å²) in [5.74, 6) is -0.481. The van der Waals surface area contributed by atoms with Crippen LogP contribution in [0.4, 0.5) is 0 Å². The average molecular weight is 320 g/mol. The van der Waals surface area contributed by atoms with Crippen LogP contribution in [0.15, 0.2) is 24.3 Å². The Morgan fingerprint density at radius 1 is 1.04 bits per heavy atom. The van der Waals surface area contributed by atoms with Crippen molar-refractivity contribution in [3.05, 3.63) is 35.4 Å². The van der Waals surface area contributed by atoms with E-state index in [0.29, 0.717) is 12.1 Å². The second-order valence-electron chi connectivity index (χ2n) is 5.51. The molecule has 0 fully saturated rings. The predicted octanol–water partition coefficient (Wildman–Crippen LogP) is -0.318. The van der Waals surface area contributed by atoms with Gasteiger partial charge in [0, 0.05) is 33.3 Å². The largest absolute Gasteiger partial charge is 0.355 e. The highest BCUT2D eigenvalue weighted by molar-refractivity contribution is 5.93. The summed E-state index contributed by atoms with van der Waals surface area (Å²) >= 11 is 0. The van der Waals surface area contributed by atoms with Gasteiger partial charge < -0.3 is 15.5 Å². The quantitative estimate of drug-likeness (QED) is 0.722. The van der Waals surface area contributed by atoms with Crippen LogP contribution >= 0.6 is 0 Å². The lowest BCUT2D eigenvalue weighted by Crippen LogP contribution is -2.40. The molecule has 7 nitrogen and oxygen atoms in total. The lowest BCUT2D eigenvalue weighted by atomic mass is 10.1. The lowest BCUT2D eigenvalue weighted by molar-refractivity contribution is -0.131. The molecule has 0 unspecified atom stereocenters. The molecule has 23 heavy (non-hydrogen) atoms. The minimum atomic E-state index is -0.204. The van der Waals surface area contributed by atoms with E-state index in [0.717, 1.165) is 5.56 Å². The zero-order chi connectivity index (χ0) is 17.4. The number of benzene rings is 1. The first-order chi connectivity index (χ1) is 10.8. The zero-order valence-electron chi connectivity index (χ0n) is 14.0. The standard InChI is InChI=1S/C16H24N4O3/c1-17-16(23)13-7-5-12(6-8-13)10-20(4)11-14(21)18-9-15(22)19(2)3/h5-8H,9-11H2,1-4H3,(H,17,23)(H,18,21). The summed E-state index contributed by atoms with van der Waals surface area (Å²) in [7, 11) is 6.69. The van der Waals surface area contributed by atoms with Crippen LogP contribution in [0.1, 0.15) is 15.9 Å². The molecule has 1 aromatic carbocycles. The Bertz CT molecular complexity index is 555. The summed E-state index contributed by atoms with van der Waals surface area (Å²) < 4.78 is 0. The minimum Gasteiger partial charge on any atom is -0.355 e. The van der Waals surface area contributed by atoms with Gasteiger partial charge in [-0.3, -0.25) is 19.3 Å². The van der Waals surface area contributed by atoms with Gasteiger partial charge >= 0.3 is 0 Å². The topological polar surface area (TPSA) is 81.8 Å². The Kier molecular flexibility index (Phi) is 7.21. The van der Waals surface area contributed by atoms with Gasteiger partial charge in [-0.05, 0) is 24.7 Å². The first kappa shape index (κ1) is 18.6. The van der Waals surface area contributed by atoms with E-state index < -0.39 is 0 Å². The third-order valence-electron chi connectivity index (χ3n) is 3.24. The van der Waals surface area contributed by atoms with Gasteiger partial charge in [0.25, 0.3) is 5.91 Å². The number of likely N-dealkylation sites (N-methyl/N-ethyl adjacent to an activating group) is 2. The number of hydrogen-bond acceptors (Lipinski definition) is 4. The fourth-order valence-electron chi connectivity index (χ4n) is 1.91. The second kappa shape index (κ2) is 8.89. The van der Waals surface area contributed by atoms with Crippen LogP contribution < -0.4 is 10.6 Å². The fourth-order valence-corrected chi connectivity index (χ4v) is 1.91. The van der Waals surface area contributed by atoms with Gasteiger partial charge in [0.1, 0.15) is 0 Å². The van der Waals surface area contributed by atoms with E-state index in [9.17, 15) is 14.4 Å². The Labute approximate surface area is 136 Å². The average Bonchev–Trinajstić information content (AvgIpc) is 2.52. The molecule has 7 heteroatoms. The maximum atomic E-state index is 11.8. The van der Waals surface area contributed by atoms with Gasteiger partial charge in [-0.1, -0.05) is 12.1 Å². The third kappa shape index (κ3) is 6.48. The van der Waals surface area contributed by atoms with E-state index in [1.165, 1.54) is 4.90 Å². The van der Waals surface area contributed by atoms with Gasteiger partial charge in [-0.25, -0.2) is 0 Å². The van der Waals surface area contributed by atoms with Crippen LogP contribution in [-0.4, -0.2) is 68.8 Å². The summed E-state index contributed by atoms with van der Waals surface area (Å²) in [6, 6.07) is 7.21. The number of carbonyl (C=O) groups excluding carboxylic acids is 3. The third-order valence-corrected chi connectivity index (χ3v) is 3.24. The molecule has 3 amide bonds. The molecular formula is C16H24N4O3. The normalized spacial score (nSPS) is 10.3. The SMILES string of the molecule is CNC(=O)c1ccc(CN(C)CC(=O)NCC(=O)N(C)C)cc1. The minimum absolute atomic E-state index is 0.000496. The molecule has 0 heterocycles. The van der Waals surface area contributed by atoms with Crippen LogP contribution in [0.3, 0.4) is 0 Å². The van der Waals surface area contributed by atoms with E-state index in [-0.39, 0.29) is 30.8 Å². The van der Waals surface area contributed by atoms with Crippen molar-refractivity contribution in [3.63, 3.8) is 0 Å². The molecule has 0 spiro atoms. The molecule has 2 N–H and O–H groups in total. The molecule has 1 aromatic rings. The summed E-state index contributed by atoms with van der Waals surface area (Å²) in [6.07, 6.45) is 0. The molecule has 126 valence electrons. The smallest absolute Gasteiger partial charge is 0.251 e. The van der Waals surface area contributed by atoms with Crippen molar-refractivity contribution in [1.82, 2.24) is 20.4 Å². The van der Waals surface area contributed by atoms with Crippen molar-refractivity contribution in [2.45, 2.75) is 6.54 Å². The lowest BCUT2D eigenvalue weighted by Gasteiger charge is -2.17. The van der Waals surface area contributed by atoms with E-state index in [4.69, 9.17) is 0 Å². The van der Waals surface area contributed by atoms with Crippen molar-refractivity contribution in [3.8, 4) is 0 Å². The molecule has 0 saturated carbocycles. The van der Waals surface area contributed by atoms with Crippen molar-refractivity contribution < 1.29 is 14.4 Å². The van der Waals surface area contributed by atoms with Crippen LogP contribution in [0.5, 0.6) is 0 Å².